The molecule has 7 heteroatoms. The molecule has 142 valence electrons. The average Bonchev–Trinajstić information content (AvgIpc) is 2.62. The van der Waals surface area contributed by atoms with Crippen LogP contribution in [0.2, 0.25) is 0 Å². The van der Waals surface area contributed by atoms with E-state index in [0.29, 0.717) is 19.8 Å². The Morgan fingerprint density at radius 2 is 2.04 bits per heavy atom. The number of guanidine groups is 1. The monoisotopic (exact) mass is 352 g/mol. The number of nitrogens with one attached hydrogen (secondary N) is 2. The second-order valence-corrected chi connectivity index (χ2v) is 5.59. The van der Waals surface area contributed by atoms with Crippen LogP contribution in [0.15, 0.2) is 34.2 Å². The molecule has 0 amide bonds. The zero-order valence-corrected chi connectivity index (χ0v) is 15.5. The summed E-state index contributed by atoms with van der Waals surface area (Å²) < 4.78 is 12.1. The summed E-state index contributed by atoms with van der Waals surface area (Å²) in [6.07, 6.45) is 4.64. The highest BCUT2D eigenvalue weighted by Gasteiger charge is 1.98. The van der Waals surface area contributed by atoms with Crippen LogP contribution < -0.4 is 16.2 Å². The summed E-state index contributed by atoms with van der Waals surface area (Å²) >= 11 is 0. The number of pyridine rings is 1. The number of hydrogen-bond donors (Lipinski definition) is 2. The zero-order chi connectivity index (χ0) is 18.2. The maximum absolute atomic E-state index is 11.6. The van der Waals surface area contributed by atoms with E-state index in [4.69, 9.17) is 9.47 Å². The number of ether oxygens (including phenoxy) is 2. The van der Waals surface area contributed by atoms with Crippen molar-refractivity contribution >= 4 is 5.96 Å². The lowest BCUT2D eigenvalue weighted by molar-refractivity contribution is 0.0702. The smallest absolute Gasteiger partial charge is 0.250 e. The van der Waals surface area contributed by atoms with Gasteiger partial charge in [-0.3, -0.25) is 9.79 Å². The fourth-order valence-electron chi connectivity index (χ4n) is 2.20. The first-order valence-corrected chi connectivity index (χ1v) is 9.02. The summed E-state index contributed by atoms with van der Waals surface area (Å²) in [4.78, 5) is 16.1. The zero-order valence-electron chi connectivity index (χ0n) is 15.5. The van der Waals surface area contributed by atoms with Crippen LogP contribution in [0.4, 0.5) is 0 Å². The maximum atomic E-state index is 11.6. The van der Waals surface area contributed by atoms with Gasteiger partial charge in [-0.1, -0.05) is 6.07 Å². The highest BCUT2D eigenvalue weighted by molar-refractivity contribution is 5.79. The highest BCUT2D eigenvalue weighted by Crippen LogP contribution is 1.92. The van der Waals surface area contributed by atoms with Crippen LogP contribution in [0.1, 0.15) is 26.2 Å². The lowest BCUT2D eigenvalue weighted by Crippen LogP contribution is -2.38. The van der Waals surface area contributed by atoms with Crippen LogP contribution in [-0.2, 0) is 16.0 Å². The molecule has 0 bridgehead atoms. The van der Waals surface area contributed by atoms with Gasteiger partial charge < -0.3 is 24.7 Å². The number of methoxy groups -OCH3 is 1. The Morgan fingerprint density at radius 3 is 2.80 bits per heavy atom. The maximum Gasteiger partial charge on any atom is 0.250 e. The van der Waals surface area contributed by atoms with Gasteiger partial charge >= 0.3 is 0 Å². The number of rotatable bonds is 13. The van der Waals surface area contributed by atoms with E-state index < -0.39 is 0 Å². The number of aliphatic imine (C=N–C) groups is 1. The first-order valence-electron chi connectivity index (χ1n) is 9.02. The van der Waals surface area contributed by atoms with Crippen molar-refractivity contribution in [2.75, 3.05) is 46.6 Å². The molecular weight excluding hydrogens is 320 g/mol. The molecule has 0 spiro atoms. The molecule has 0 atom stereocenters. The Morgan fingerprint density at radius 1 is 1.16 bits per heavy atom. The second kappa shape index (κ2) is 14.5. The van der Waals surface area contributed by atoms with Gasteiger partial charge in [-0.15, -0.1) is 0 Å². The van der Waals surface area contributed by atoms with Gasteiger partial charge in [-0.2, -0.15) is 0 Å². The third-order valence-electron chi connectivity index (χ3n) is 3.51. The van der Waals surface area contributed by atoms with Gasteiger partial charge in [0, 0.05) is 52.2 Å². The molecule has 0 aliphatic heterocycles. The predicted molar refractivity (Wildman–Crippen MR) is 101 cm³/mol. The van der Waals surface area contributed by atoms with E-state index in [2.05, 4.69) is 15.6 Å². The van der Waals surface area contributed by atoms with E-state index in [1.54, 1.807) is 23.8 Å². The average molecular weight is 352 g/mol. The second-order valence-electron chi connectivity index (χ2n) is 5.59. The van der Waals surface area contributed by atoms with E-state index >= 15 is 0 Å². The number of aryl methyl sites for hydroxylation is 1. The van der Waals surface area contributed by atoms with E-state index in [1.807, 2.05) is 19.2 Å². The van der Waals surface area contributed by atoms with Gasteiger partial charge in [0.25, 0.3) is 0 Å². The third kappa shape index (κ3) is 10.6. The molecule has 1 aromatic rings. The first-order chi connectivity index (χ1) is 12.3. The molecule has 0 fully saturated rings. The van der Waals surface area contributed by atoms with E-state index in [0.717, 1.165) is 51.4 Å². The van der Waals surface area contributed by atoms with Crippen molar-refractivity contribution in [3.8, 4) is 0 Å². The van der Waals surface area contributed by atoms with Gasteiger partial charge in [-0.25, -0.2) is 0 Å². The minimum Gasteiger partial charge on any atom is -0.382 e. The lowest BCUT2D eigenvalue weighted by Gasteiger charge is -2.11. The van der Waals surface area contributed by atoms with Crippen LogP contribution in [0.3, 0.4) is 0 Å². The summed E-state index contributed by atoms with van der Waals surface area (Å²) in [5, 5.41) is 6.56. The van der Waals surface area contributed by atoms with Crippen molar-refractivity contribution in [2.45, 2.75) is 32.7 Å². The standard InChI is InChI=1S/C18H32N4O3/c1-3-19-18(21-11-8-14-25-16-15-24-2)20-10-5-7-13-22-12-6-4-9-17(22)23/h4,6,9,12H,3,5,7-8,10-11,13-16H2,1-2H3,(H2,19,20,21). The molecule has 1 aromatic heterocycles. The molecule has 0 aliphatic rings. The van der Waals surface area contributed by atoms with Crippen molar-refractivity contribution in [1.29, 1.82) is 0 Å². The summed E-state index contributed by atoms with van der Waals surface area (Å²) in [6, 6.07) is 5.24. The number of nitrogens with zero attached hydrogens (tertiary/aromatic N) is 2. The Bertz CT molecular complexity index is 531. The lowest BCUT2D eigenvalue weighted by atomic mass is 10.3. The fraction of sp³-hybridized carbons (Fsp3) is 0.667. The largest absolute Gasteiger partial charge is 0.382 e. The SMILES string of the molecule is CCNC(=NCCCOCCOC)NCCCCn1ccccc1=O. The Balaban J connectivity index is 2.16. The molecule has 1 heterocycles. The molecule has 7 nitrogen and oxygen atoms in total. The summed E-state index contributed by atoms with van der Waals surface area (Å²) in [5.41, 5.74) is 0.0538. The van der Waals surface area contributed by atoms with Gasteiger partial charge in [0.05, 0.1) is 13.2 Å². The molecule has 0 radical (unpaired) electrons. The molecule has 25 heavy (non-hydrogen) atoms. The van der Waals surface area contributed by atoms with Crippen molar-refractivity contribution < 1.29 is 9.47 Å². The van der Waals surface area contributed by atoms with Crippen LogP contribution in [0.5, 0.6) is 0 Å². The van der Waals surface area contributed by atoms with Gasteiger partial charge in [0.2, 0.25) is 5.56 Å². The highest BCUT2D eigenvalue weighted by atomic mass is 16.5. The molecule has 1 rings (SSSR count). The summed E-state index contributed by atoms with van der Waals surface area (Å²) in [6.45, 7) is 7.12. The number of aromatic nitrogens is 1. The Labute approximate surface area is 150 Å². The van der Waals surface area contributed by atoms with Crippen molar-refractivity contribution in [3.05, 3.63) is 34.7 Å². The van der Waals surface area contributed by atoms with Gasteiger partial charge in [0.1, 0.15) is 0 Å². The normalized spacial score (nSPS) is 11.5. The summed E-state index contributed by atoms with van der Waals surface area (Å²) in [5.74, 6) is 0.830. The molecule has 0 aliphatic carbocycles. The fourth-order valence-corrected chi connectivity index (χ4v) is 2.20. The van der Waals surface area contributed by atoms with E-state index in [-0.39, 0.29) is 5.56 Å². The van der Waals surface area contributed by atoms with E-state index in [9.17, 15) is 4.79 Å². The van der Waals surface area contributed by atoms with Gasteiger partial charge in [-0.05, 0) is 32.3 Å². The molecular formula is C18H32N4O3. The van der Waals surface area contributed by atoms with Crippen LogP contribution in [-0.4, -0.2) is 57.1 Å². The Hall–Kier alpha value is -1.86. The summed E-state index contributed by atoms with van der Waals surface area (Å²) in [7, 11) is 1.67. The minimum absolute atomic E-state index is 0.0538. The van der Waals surface area contributed by atoms with E-state index in [1.165, 1.54) is 0 Å². The molecule has 0 aromatic carbocycles. The quantitative estimate of drug-likeness (QED) is 0.317. The molecule has 0 saturated heterocycles. The molecule has 0 unspecified atom stereocenters. The van der Waals surface area contributed by atoms with Crippen LogP contribution >= 0.6 is 0 Å². The van der Waals surface area contributed by atoms with Crippen molar-refractivity contribution in [2.24, 2.45) is 4.99 Å². The predicted octanol–water partition coefficient (Wildman–Crippen LogP) is 1.24. The Kier molecular flexibility index (Phi) is 12.3. The van der Waals surface area contributed by atoms with Crippen molar-refractivity contribution in [3.63, 3.8) is 0 Å². The molecule has 0 saturated carbocycles. The van der Waals surface area contributed by atoms with Crippen LogP contribution in [0.25, 0.3) is 0 Å². The van der Waals surface area contributed by atoms with Crippen LogP contribution in [0, 0.1) is 0 Å². The minimum atomic E-state index is 0.0538. The first kappa shape index (κ1) is 21.2. The third-order valence-corrected chi connectivity index (χ3v) is 3.51. The van der Waals surface area contributed by atoms with Gasteiger partial charge in [0.15, 0.2) is 5.96 Å². The molecule has 2 N–H and O–H groups in total. The number of hydrogen-bond acceptors (Lipinski definition) is 4. The topological polar surface area (TPSA) is 76.9 Å². The van der Waals surface area contributed by atoms with Crippen molar-refractivity contribution in [1.82, 2.24) is 15.2 Å². The number of unbranched alkanes of at least 4 members (excludes halogenated alkanes) is 1.